The molecule has 2 aromatic heterocycles. The maximum absolute atomic E-state index is 12.7. The standard InChI is InChI=1S/C19H15BrClNO3S2/c1-2-9-25-19(24)16-13(11-3-5-12(20)6-4-11)10-26-18(16)22-17(23)14-7-8-15(21)27-14/h3-8,10H,2,9H2,1H3,(H,22,23). The topological polar surface area (TPSA) is 55.4 Å². The van der Waals surface area contributed by atoms with Gasteiger partial charge in [-0.2, -0.15) is 0 Å². The van der Waals surface area contributed by atoms with Crippen LogP contribution in [-0.2, 0) is 4.74 Å². The van der Waals surface area contributed by atoms with Crippen molar-refractivity contribution in [3.8, 4) is 11.1 Å². The van der Waals surface area contributed by atoms with Crippen LogP contribution < -0.4 is 5.32 Å². The molecule has 0 saturated carbocycles. The minimum absolute atomic E-state index is 0.305. The number of halogens is 2. The molecule has 1 N–H and O–H groups in total. The van der Waals surface area contributed by atoms with Crippen molar-refractivity contribution >= 4 is 67.1 Å². The van der Waals surface area contributed by atoms with Crippen LogP contribution in [0.5, 0.6) is 0 Å². The summed E-state index contributed by atoms with van der Waals surface area (Å²) in [5, 5.41) is 5.13. The number of rotatable bonds is 6. The molecule has 4 nitrogen and oxygen atoms in total. The molecule has 1 amide bonds. The van der Waals surface area contributed by atoms with Crippen LogP contribution in [-0.4, -0.2) is 18.5 Å². The summed E-state index contributed by atoms with van der Waals surface area (Å²) in [6.07, 6.45) is 0.721. The van der Waals surface area contributed by atoms with Crippen molar-refractivity contribution in [3.63, 3.8) is 0 Å². The number of anilines is 1. The Kier molecular flexibility index (Phi) is 6.70. The first kappa shape index (κ1) is 20.1. The number of carbonyl (C=O) groups excluding carboxylic acids is 2. The molecule has 0 radical (unpaired) electrons. The lowest BCUT2D eigenvalue weighted by molar-refractivity contribution is 0.0508. The predicted octanol–water partition coefficient (Wildman–Crippen LogP) is 6.71. The molecule has 0 unspecified atom stereocenters. The van der Waals surface area contributed by atoms with E-state index < -0.39 is 5.97 Å². The number of amides is 1. The fraction of sp³-hybridized carbons (Fsp3) is 0.158. The van der Waals surface area contributed by atoms with Gasteiger partial charge in [-0.05, 0) is 36.2 Å². The number of nitrogens with one attached hydrogen (secondary N) is 1. The lowest BCUT2D eigenvalue weighted by Crippen LogP contribution is -2.14. The molecule has 0 saturated heterocycles. The minimum Gasteiger partial charge on any atom is -0.462 e. The van der Waals surface area contributed by atoms with E-state index in [1.54, 1.807) is 12.1 Å². The van der Waals surface area contributed by atoms with E-state index in [1.807, 2.05) is 36.6 Å². The lowest BCUT2D eigenvalue weighted by atomic mass is 10.0. The smallest absolute Gasteiger partial charge is 0.341 e. The van der Waals surface area contributed by atoms with Crippen molar-refractivity contribution in [2.75, 3.05) is 11.9 Å². The zero-order valence-electron chi connectivity index (χ0n) is 14.3. The first-order valence-corrected chi connectivity index (χ1v) is 11.0. The van der Waals surface area contributed by atoms with Gasteiger partial charge in [-0.15, -0.1) is 22.7 Å². The molecule has 1 aromatic carbocycles. The Hall–Kier alpha value is -1.67. The first-order valence-electron chi connectivity index (χ1n) is 8.10. The summed E-state index contributed by atoms with van der Waals surface area (Å²) in [5.74, 6) is -0.754. The summed E-state index contributed by atoms with van der Waals surface area (Å²) in [7, 11) is 0. The van der Waals surface area contributed by atoms with Crippen molar-refractivity contribution in [3.05, 3.63) is 61.0 Å². The van der Waals surface area contributed by atoms with E-state index in [0.717, 1.165) is 22.0 Å². The van der Waals surface area contributed by atoms with Crippen LogP contribution in [0.4, 0.5) is 5.00 Å². The van der Waals surface area contributed by atoms with Crippen LogP contribution in [0.25, 0.3) is 11.1 Å². The third-order valence-corrected chi connectivity index (χ3v) is 6.27. The van der Waals surface area contributed by atoms with Crippen molar-refractivity contribution in [1.82, 2.24) is 0 Å². The number of carbonyl (C=O) groups is 2. The van der Waals surface area contributed by atoms with Crippen molar-refractivity contribution in [2.45, 2.75) is 13.3 Å². The molecule has 3 rings (SSSR count). The van der Waals surface area contributed by atoms with E-state index in [4.69, 9.17) is 16.3 Å². The van der Waals surface area contributed by atoms with Gasteiger partial charge in [0.05, 0.1) is 15.8 Å². The van der Waals surface area contributed by atoms with Gasteiger partial charge < -0.3 is 10.1 Å². The van der Waals surface area contributed by atoms with Crippen molar-refractivity contribution in [2.24, 2.45) is 0 Å². The highest BCUT2D eigenvalue weighted by Gasteiger charge is 2.23. The highest BCUT2D eigenvalue weighted by Crippen LogP contribution is 2.37. The van der Waals surface area contributed by atoms with Gasteiger partial charge in [-0.25, -0.2) is 4.79 Å². The van der Waals surface area contributed by atoms with Gasteiger partial charge in [0.2, 0.25) is 0 Å². The third-order valence-electron chi connectivity index (χ3n) is 3.61. The number of hydrogen-bond donors (Lipinski definition) is 1. The van der Waals surface area contributed by atoms with E-state index >= 15 is 0 Å². The molecule has 0 fully saturated rings. The predicted molar refractivity (Wildman–Crippen MR) is 115 cm³/mol. The third kappa shape index (κ3) is 4.79. The average Bonchev–Trinajstić information content (AvgIpc) is 3.27. The molecular weight excluding hydrogens is 470 g/mol. The Balaban J connectivity index is 1.96. The van der Waals surface area contributed by atoms with E-state index in [-0.39, 0.29) is 5.91 Å². The molecule has 0 aliphatic heterocycles. The maximum atomic E-state index is 12.7. The lowest BCUT2D eigenvalue weighted by Gasteiger charge is -2.09. The van der Waals surface area contributed by atoms with Crippen molar-refractivity contribution < 1.29 is 14.3 Å². The summed E-state index contributed by atoms with van der Waals surface area (Å²) >= 11 is 11.8. The molecular formula is C19H15BrClNO3S2. The van der Waals surface area contributed by atoms with E-state index in [1.165, 1.54) is 22.7 Å². The molecule has 2 heterocycles. The van der Waals surface area contributed by atoms with Gasteiger partial charge in [0.1, 0.15) is 10.6 Å². The molecule has 3 aromatic rings. The Morgan fingerprint density at radius 3 is 2.56 bits per heavy atom. The Labute approximate surface area is 178 Å². The Morgan fingerprint density at radius 1 is 1.19 bits per heavy atom. The number of thiophene rings is 2. The molecule has 0 aliphatic rings. The number of ether oxygens (including phenoxy) is 1. The minimum atomic E-state index is -0.449. The number of benzene rings is 1. The van der Waals surface area contributed by atoms with Crippen LogP contribution in [0.1, 0.15) is 33.4 Å². The zero-order valence-corrected chi connectivity index (χ0v) is 18.2. The Bertz CT molecular complexity index is 966. The zero-order chi connectivity index (χ0) is 19.4. The molecule has 140 valence electrons. The number of esters is 1. The molecule has 0 atom stereocenters. The Morgan fingerprint density at radius 2 is 1.93 bits per heavy atom. The van der Waals surface area contributed by atoms with Crippen LogP contribution in [0, 0.1) is 0 Å². The highest BCUT2D eigenvalue weighted by atomic mass is 79.9. The summed E-state index contributed by atoms with van der Waals surface area (Å²) in [6.45, 7) is 2.25. The normalized spacial score (nSPS) is 10.6. The molecule has 0 spiro atoms. The fourth-order valence-corrected chi connectivity index (χ4v) is 4.52. The number of hydrogen-bond acceptors (Lipinski definition) is 5. The van der Waals surface area contributed by atoms with E-state index in [0.29, 0.717) is 26.4 Å². The SMILES string of the molecule is CCCOC(=O)c1c(-c2ccc(Br)cc2)csc1NC(=O)c1ccc(Cl)s1. The average molecular weight is 485 g/mol. The molecule has 27 heavy (non-hydrogen) atoms. The second kappa shape index (κ2) is 9.01. The summed E-state index contributed by atoms with van der Waals surface area (Å²) in [5.41, 5.74) is 1.97. The maximum Gasteiger partial charge on any atom is 0.341 e. The fourth-order valence-electron chi connectivity index (χ4n) is 2.36. The van der Waals surface area contributed by atoms with Crippen LogP contribution in [0.2, 0.25) is 4.34 Å². The van der Waals surface area contributed by atoms with Gasteiger partial charge >= 0.3 is 5.97 Å². The monoisotopic (exact) mass is 483 g/mol. The summed E-state index contributed by atoms with van der Waals surface area (Å²) < 4.78 is 6.82. The quantitative estimate of drug-likeness (QED) is 0.395. The van der Waals surface area contributed by atoms with E-state index in [2.05, 4.69) is 21.2 Å². The van der Waals surface area contributed by atoms with Crippen LogP contribution in [0.3, 0.4) is 0 Å². The second-order valence-electron chi connectivity index (χ2n) is 5.55. The van der Waals surface area contributed by atoms with Crippen molar-refractivity contribution in [1.29, 1.82) is 0 Å². The molecule has 8 heteroatoms. The largest absolute Gasteiger partial charge is 0.462 e. The first-order chi connectivity index (χ1) is 13.0. The van der Waals surface area contributed by atoms with Gasteiger partial charge in [0.25, 0.3) is 5.91 Å². The van der Waals surface area contributed by atoms with Gasteiger partial charge in [0, 0.05) is 15.4 Å². The molecule has 0 bridgehead atoms. The van der Waals surface area contributed by atoms with Gasteiger partial charge in [-0.1, -0.05) is 46.6 Å². The van der Waals surface area contributed by atoms with Crippen LogP contribution >= 0.6 is 50.2 Å². The van der Waals surface area contributed by atoms with Crippen LogP contribution in [0.15, 0.2) is 46.3 Å². The molecule has 0 aliphatic carbocycles. The second-order valence-corrected chi connectivity index (χ2v) is 9.06. The summed E-state index contributed by atoms with van der Waals surface area (Å²) in [6, 6.07) is 10.9. The highest BCUT2D eigenvalue weighted by molar-refractivity contribution is 9.10. The van der Waals surface area contributed by atoms with Gasteiger partial charge in [-0.3, -0.25) is 4.79 Å². The van der Waals surface area contributed by atoms with E-state index in [9.17, 15) is 9.59 Å². The van der Waals surface area contributed by atoms with Gasteiger partial charge in [0.15, 0.2) is 0 Å². The summed E-state index contributed by atoms with van der Waals surface area (Å²) in [4.78, 5) is 25.6.